The first-order valence-corrected chi connectivity index (χ1v) is 18.9. The lowest BCUT2D eigenvalue weighted by Crippen LogP contribution is -2.61. The molecule has 5 fully saturated rings. The maximum atomic E-state index is 13.1. The predicted molar refractivity (Wildman–Crippen MR) is 194 cm³/mol. The highest BCUT2D eigenvalue weighted by molar-refractivity contribution is 5.75. The van der Waals surface area contributed by atoms with Gasteiger partial charge < -0.3 is 34.7 Å². The van der Waals surface area contributed by atoms with E-state index in [4.69, 9.17) is 18.9 Å². The molecule has 6 aliphatic rings. The molecule has 9 rings (SSSR count). The Balaban J connectivity index is 0.944. The normalized spacial score (nSPS) is 31.2. The molecule has 4 bridgehead atoms. The standard InChI is InChI=1S/C42H53N3O6/c1-26-38(24-45-13-12-34-17-36(48-2)37(49-3)18-35(34)23-45)50-40(51-39(26)32-8-6-28(25-46)7-9-32)33-10-4-27(5-11-33)22-43-41(47)44-42-19-29-14-30(20-42)16-31(15-29)21-42/h4-11,17-18,26,29-31,38-40,46H,12-16,19-25H2,1-3H3,(H2,43,44,47)/t26-,29?,30?,31?,38+,39+,40+,42?/m1/s1. The third kappa shape index (κ3) is 7.23. The van der Waals surface area contributed by atoms with Crippen LogP contribution in [0, 0.1) is 23.7 Å². The first kappa shape index (κ1) is 34.5. The van der Waals surface area contributed by atoms with E-state index in [1.54, 1.807) is 14.2 Å². The molecule has 0 unspecified atom stereocenters. The van der Waals surface area contributed by atoms with Crippen LogP contribution in [-0.2, 0) is 35.6 Å². The fourth-order valence-electron chi connectivity index (χ4n) is 10.2. The first-order valence-electron chi connectivity index (χ1n) is 18.9. The minimum absolute atomic E-state index is 0.00101. The average Bonchev–Trinajstić information content (AvgIpc) is 3.13. The number of benzene rings is 3. The third-order valence-corrected chi connectivity index (χ3v) is 12.5. The number of rotatable bonds is 10. The Morgan fingerprint density at radius 2 is 1.47 bits per heavy atom. The molecule has 9 nitrogen and oxygen atoms in total. The summed E-state index contributed by atoms with van der Waals surface area (Å²) in [5.74, 6) is 3.99. The lowest BCUT2D eigenvalue weighted by molar-refractivity contribution is -0.276. The molecule has 0 spiro atoms. The van der Waals surface area contributed by atoms with Gasteiger partial charge in [-0.05, 0) is 103 Å². The molecule has 1 saturated heterocycles. The van der Waals surface area contributed by atoms with Crippen LogP contribution in [0.2, 0.25) is 0 Å². The van der Waals surface area contributed by atoms with Gasteiger partial charge >= 0.3 is 6.03 Å². The van der Waals surface area contributed by atoms with Gasteiger partial charge in [0, 0.05) is 43.2 Å². The van der Waals surface area contributed by atoms with Crippen molar-refractivity contribution in [2.75, 3.05) is 27.3 Å². The van der Waals surface area contributed by atoms with Gasteiger partial charge in [0.2, 0.25) is 0 Å². The Kier molecular flexibility index (Phi) is 9.74. The Bertz CT molecular complexity index is 1660. The van der Waals surface area contributed by atoms with Gasteiger partial charge in [0.1, 0.15) is 0 Å². The van der Waals surface area contributed by atoms with Gasteiger partial charge in [0.25, 0.3) is 0 Å². The van der Waals surface area contributed by atoms with Crippen LogP contribution in [0.5, 0.6) is 11.5 Å². The van der Waals surface area contributed by atoms with Gasteiger partial charge in [-0.3, -0.25) is 4.90 Å². The van der Waals surface area contributed by atoms with Crippen molar-refractivity contribution in [1.82, 2.24) is 15.5 Å². The van der Waals surface area contributed by atoms with Gasteiger partial charge in [0.05, 0.1) is 33.0 Å². The number of fused-ring (bicyclic) bond motifs is 1. The van der Waals surface area contributed by atoms with E-state index in [1.807, 2.05) is 12.1 Å². The number of urea groups is 1. The number of aliphatic hydroxyl groups excluding tert-OH is 1. The molecular weight excluding hydrogens is 642 g/mol. The van der Waals surface area contributed by atoms with Crippen LogP contribution < -0.4 is 20.1 Å². The van der Waals surface area contributed by atoms with Gasteiger partial charge in [-0.15, -0.1) is 0 Å². The summed E-state index contributed by atoms with van der Waals surface area (Å²) in [6.45, 7) is 5.18. The van der Waals surface area contributed by atoms with E-state index in [9.17, 15) is 9.90 Å². The lowest BCUT2D eigenvalue weighted by atomic mass is 9.53. The number of nitrogens with zero attached hydrogens (tertiary/aromatic N) is 1. The van der Waals surface area contributed by atoms with E-state index in [1.165, 1.54) is 30.4 Å². The Labute approximate surface area is 302 Å². The molecule has 4 aliphatic carbocycles. The molecule has 4 saturated carbocycles. The summed E-state index contributed by atoms with van der Waals surface area (Å²) >= 11 is 0. The molecule has 3 aromatic carbocycles. The molecular formula is C42H53N3O6. The molecule has 9 heteroatoms. The monoisotopic (exact) mass is 695 g/mol. The Morgan fingerprint density at radius 1 is 0.863 bits per heavy atom. The SMILES string of the molecule is COc1cc2c(cc1OC)CN(C[C@@H]1O[C@H](c3ccc(CNC(=O)NC45CC6CC(CC(C6)C4)C5)cc3)O[C@H](c3ccc(CO)cc3)[C@@H]1C)CC2. The minimum Gasteiger partial charge on any atom is -0.493 e. The predicted octanol–water partition coefficient (Wildman–Crippen LogP) is 6.81. The van der Waals surface area contributed by atoms with Crippen molar-refractivity contribution >= 4 is 6.03 Å². The molecule has 3 N–H and O–H groups in total. The molecule has 4 atom stereocenters. The summed E-state index contributed by atoms with van der Waals surface area (Å²) in [6, 6.07) is 20.5. The van der Waals surface area contributed by atoms with Crippen LogP contribution in [0.1, 0.15) is 91.2 Å². The van der Waals surface area contributed by atoms with Crippen LogP contribution in [0.4, 0.5) is 4.79 Å². The maximum absolute atomic E-state index is 13.1. The lowest BCUT2D eigenvalue weighted by Gasteiger charge is -2.56. The molecule has 2 heterocycles. The van der Waals surface area contributed by atoms with E-state index < -0.39 is 6.29 Å². The number of aliphatic hydroxyl groups is 1. The number of nitrogens with one attached hydrogen (secondary N) is 2. The average molecular weight is 696 g/mol. The van der Waals surface area contributed by atoms with Crippen LogP contribution in [0.15, 0.2) is 60.7 Å². The van der Waals surface area contributed by atoms with E-state index >= 15 is 0 Å². The van der Waals surface area contributed by atoms with Gasteiger partial charge in [-0.1, -0.05) is 55.5 Å². The van der Waals surface area contributed by atoms with Crippen molar-refractivity contribution in [3.8, 4) is 11.5 Å². The minimum atomic E-state index is -0.545. The summed E-state index contributed by atoms with van der Waals surface area (Å²) in [5.41, 5.74) is 6.48. The zero-order valence-corrected chi connectivity index (χ0v) is 30.2. The second kappa shape index (κ2) is 14.4. The summed E-state index contributed by atoms with van der Waals surface area (Å²) in [5, 5.41) is 16.2. The molecule has 3 aromatic rings. The molecule has 2 aliphatic heterocycles. The molecule has 272 valence electrons. The number of carbonyl (C=O) groups excluding carboxylic acids is 1. The molecule has 0 aromatic heterocycles. The molecule has 0 radical (unpaired) electrons. The highest BCUT2D eigenvalue weighted by Crippen LogP contribution is 2.55. The van der Waals surface area contributed by atoms with Crippen LogP contribution in [0.25, 0.3) is 0 Å². The second-order valence-corrected chi connectivity index (χ2v) is 16.0. The topological polar surface area (TPSA) is 102 Å². The summed E-state index contributed by atoms with van der Waals surface area (Å²) < 4.78 is 24.7. The fourth-order valence-corrected chi connectivity index (χ4v) is 10.2. The number of methoxy groups -OCH3 is 2. The van der Waals surface area contributed by atoms with Crippen molar-refractivity contribution in [2.24, 2.45) is 23.7 Å². The second-order valence-electron chi connectivity index (χ2n) is 16.0. The van der Waals surface area contributed by atoms with Crippen molar-refractivity contribution in [3.63, 3.8) is 0 Å². The first-order chi connectivity index (χ1) is 24.8. The Hall–Kier alpha value is -3.63. The number of hydrogen-bond donors (Lipinski definition) is 3. The summed E-state index contributed by atoms with van der Waals surface area (Å²) in [6.07, 6.45) is 7.63. The number of carbonyl (C=O) groups is 1. The van der Waals surface area contributed by atoms with Crippen molar-refractivity contribution in [2.45, 2.75) is 95.6 Å². The molecule has 51 heavy (non-hydrogen) atoms. The van der Waals surface area contributed by atoms with Crippen molar-refractivity contribution < 1.29 is 28.8 Å². The zero-order chi connectivity index (χ0) is 35.1. The van der Waals surface area contributed by atoms with Crippen LogP contribution in [-0.4, -0.2) is 55.0 Å². The van der Waals surface area contributed by atoms with Gasteiger partial charge in [-0.25, -0.2) is 4.79 Å². The maximum Gasteiger partial charge on any atom is 0.315 e. The largest absolute Gasteiger partial charge is 0.493 e. The van der Waals surface area contributed by atoms with Crippen molar-refractivity contribution in [1.29, 1.82) is 0 Å². The number of ether oxygens (including phenoxy) is 4. The quantitative estimate of drug-likeness (QED) is 0.214. The van der Waals surface area contributed by atoms with E-state index in [0.717, 1.165) is 96.8 Å². The van der Waals surface area contributed by atoms with E-state index in [-0.39, 0.29) is 36.3 Å². The van der Waals surface area contributed by atoms with Crippen molar-refractivity contribution in [3.05, 3.63) is 94.0 Å². The van der Waals surface area contributed by atoms with Gasteiger partial charge in [0.15, 0.2) is 17.8 Å². The molecule has 2 amide bonds. The number of amides is 2. The Morgan fingerprint density at radius 3 is 2.10 bits per heavy atom. The third-order valence-electron chi connectivity index (χ3n) is 12.5. The summed E-state index contributed by atoms with van der Waals surface area (Å²) in [4.78, 5) is 15.6. The van der Waals surface area contributed by atoms with Crippen LogP contribution in [0.3, 0.4) is 0 Å². The van der Waals surface area contributed by atoms with Gasteiger partial charge in [-0.2, -0.15) is 0 Å². The zero-order valence-electron chi connectivity index (χ0n) is 30.2. The highest BCUT2D eigenvalue weighted by atomic mass is 16.7. The smallest absolute Gasteiger partial charge is 0.315 e. The summed E-state index contributed by atoms with van der Waals surface area (Å²) in [7, 11) is 3.36. The highest BCUT2D eigenvalue weighted by Gasteiger charge is 2.51. The van der Waals surface area contributed by atoms with E-state index in [2.05, 4.69) is 71.0 Å². The fraction of sp³-hybridized carbons (Fsp3) is 0.548. The number of hydrogen-bond acceptors (Lipinski definition) is 7. The van der Waals surface area contributed by atoms with Crippen LogP contribution >= 0.6 is 0 Å². The van der Waals surface area contributed by atoms with E-state index in [0.29, 0.717) is 6.54 Å².